The summed E-state index contributed by atoms with van der Waals surface area (Å²) in [7, 11) is 0. The number of rotatable bonds is 10. The third-order valence-electron chi connectivity index (χ3n) is 5.40. The molecule has 1 aromatic heterocycles. The van der Waals surface area contributed by atoms with Crippen molar-refractivity contribution in [1.29, 1.82) is 0 Å². The van der Waals surface area contributed by atoms with Crippen molar-refractivity contribution in [3.8, 4) is 11.6 Å². The first-order chi connectivity index (χ1) is 16.8. The molecular formula is C25H24F3N3O4. The van der Waals surface area contributed by atoms with Gasteiger partial charge < -0.3 is 20.1 Å². The van der Waals surface area contributed by atoms with E-state index in [0.717, 1.165) is 34.6 Å². The first-order valence-electron chi connectivity index (χ1n) is 11.2. The second-order valence-electron chi connectivity index (χ2n) is 8.30. The van der Waals surface area contributed by atoms with E-state index in [9.17, 15) is 22.8 Å². The smallest absolute Gasteiger partial charge is 0.449 e. The molecule has 2 N–H and O–H groups in total. The molecule has 2 aromatic carbocycles. The molecule has 1 aliphatic carbocycles. The Labute approximate surface area is 199 Å². The van der Waals surface area contributed by atoms with Crippen molar-refractivity contribution in [2.75, 3.05) is 25.0 Å². The van der Waals surface area contributed by atoms with Gasteiger partial charge in [-0.3, -0.25) is 4.79 Å². The number of pyridine rings is 1. The van der Waals surface area contributed by atoms with Gasteiger partial charge in [0.15, 0.2) is 6.61 Å². The van der Waals surface area contributed by atoms with Crippen molar-refractivity contribution in [2.45, 2.75) is 25.4 Å². The third-order valence-corrected chi connectivity index (χ3v) is 5.40. The van der Waals surface area contributed by atoms with Crippen molar-refractivity contribution in [2.24, 2.45) is 5.92 Å². The van der Waals surface area contributed by atoms with Gasteiger partial charge in [-0.15, -0.1) is 0 Å². The van der Waals surface area contributed by atoms with Crippen molar-refractivity contribution in [3.63, 3.8) is 0 Å². The minimum Gasteiger partial charge on any atom is -0.449 e. The average Bonchev–Trinajstić information content (AvgIpc) is 3.66. The molecule has 0 radical (unpaired) electrons. The molecule has 10 heteroatoms. The van der Waals surface area contributed by atoms with Crippen LogP contribution in [0.15, 0.2) is 54.6 Å². The summed E-state index contributed by atoms with van der Waals surface area (Å²) in [5.74, 6) is -1.26. The van der Waals surface area contributed by atoms with E-state index in [-0.39, 0.29) is 6.54 Å². The van der Waals surface area contributed by atoms with E-state index >= 15 is 0 Å². The third kappa shape index (κ3) is 7.33. The molecule has 7 nitrogen and oxygen atoms in total. The van der Waals surface area contributed by atoms with Crippen molar-refractivity contribution in [1.82, 2.24) is 10.3 Å². The summed E-state index contributed by atoms with van der Waals surface area (Å²) in [5.41, 5.74) is 2.69. The Morgan fingerprint density at radius 1 is 1.03 bits per heavy atom. The number of aromatic nitrogens is 1. The van der Waals surface area contributed by atoms with E-state index in [1.807, 2.05) is 48.5 Å². The molecule has 0 aliphatic heterocycles. The van der Waals surface area contributed by atoms with Gasteiger partial charge in [0.2, 0.25) is 5.88 Å². The summed E-state index contributed by atoms with van der Waals surface area (Å²) in [6, 6.07) is 17.0. The van der Waals surface area contributed by atoms with Crippen LogP contribution in [0.2, 0.25) is 0 Å². The first-order valence-corrected chi connectivity index (χ1v) is 11.2. The van der Waals surface area contributed by atoms with Gasteiger partial charge in [-0.25, -0.2) is 9.78 Å². The lowest BCUT2D eigenvalue weighted by atomic mass is 10.1. The summed E-state index contributed by atoms with van der Waals surface area (Å²) in [6.45, 7) is 0.189. The summed E-state index contributed by atoms with van der Waals surface area (Å²) in [5, 5.41) is 6.70. The maximum atomic E-state index is 12.1. The number of hydrogen-bond acceptors (Lipinski definition) is 6. The Morgan fingerprint density at radius 3 is 2.51 bits per heavy atom. The summed E-state index contributed by atoms with van der Waals surface area (Å²) >= 11 is 0. The number of alkyl halides is 3. The van der Waals surface area contributed by atoms with Gasteiger partial charge in [0.25, 0.3) is 5.91 Å². The van der Waals surface area contributed by atoms with Crippen LogP contribution in [0.5, 0.6) is 11.6 Å². The molecule has 1 aliphatic rings. The predicted molar refractivity (Wildman–Crippen MR) is 123 cm³/mol. The number of benzene rings is 2. The van der Waals surface area contributed by atoms with Gasteiger partial charge in [0.05, 0.1) is 5.52 Å². The van der Waals surface area contributed by atoms with E-state index < -0.39 is 24.7 Å². The molecule has 1 heterocycles. The molecule has 1 amide bonds. The largest absolute Gasteiger partial charge is 0.490 e. The van der Waals surface area contributed by atoms with Gasteiger partial charge in [0.1, 0.15) is 5.75 Å². The Balaban J connectivity index is 1.26. The van der Waals surface area contributed by atoms with Crippen molar-refractivity contribution in [3.05, 3.63) is 60.2 Å². The van der Waals surface area contributed by atoms with E-state index in [1.165, 1.54) is 12.8 Å². The highest BCUT2D eigenvalue weighted by atomic mass is 19.4. The molecule has 3 aromatic rings. The van der Waals surface area contributed by atoms with E-state index in [4.69, 9.17) is 4.74 Å². The van der Waals surface area contributed by atoms with Crippen LogP contribution in [0.3, 0.4) is 0 Å². The van der Waals surface area contributed by atoms with Crippen LogP contribution in [0, 0.1) is 5.92 Å². The average molecular weight is 487 g/mol. The topological polar surface area (TPSA) is 89.6 Å². The molecule has 0 bridgehead atoms. The minimum atomic E-state index is -5.12. The second-order valence-corrected chi connectivity index (χ2v) is 8.30. The SMILES string of the molecule is O=C(COC(=O)C(F)(F)F)NCCc1ccc2nc(Oc3ccc(NCC4CC4)cc3)ccc2c1. The quantitative estimate of drug-likeness (QED) is 0.406. The first kappa shape index (κ1) is 24.3. The Hall–Kier alpha value is -3.82. The molecule has 1 saturated carbocycles. The molecule has 35 heavy (non-hydrogen) atoms. The van der Waals surface area contributed by atoms with Gasteiger partial charge in [-0.1, -0.05) is 6.07 Å². The van der Waals surface area contributed by atoms with Gasteiger partial charge in [-0.2, -0.15) is 13.2 Å². The van der Waals surface area contributed by atoms with Crippen LogP contribution < -0.4 is 15.4 Å². The Bertz CT molecular complexity index is 1190. The van der Waals surface area contributed by atoms with Crippen molar-refractivity contribution < 1.29 is 32.2 Å². The molecule has 1 fully saturated rings. The lowest BCUT2D eigenvalue weighted by Crippen LogP contribution is -2.33. The lowest BCUT2D eigenvalue weighted by Gasteiger charge is -2.10. The highest BCUT2D eigenvalue weighted by molar-refractivity contribution is 5.82. The fourth-order valence-corrected chi connectivity index (χ4v) is 3.32. The molecule has 0 saturated heterocycles. The maximum Gasteiger partial charge on any atom is 0.490 e. The minimum absolute atomic E-state index is 0.175. The van der Waals surface area contributed by atoms with Crippen LogP contribution >= 0.6 is 0 Å². The number of carbonyl (C=O) groups is 2. The van der Waals surface area contributed by atoms with Crippen LogP contribution in [-0.4, -0.2) is 42.7 Å². The predicted octanol–water partition coefficient (Wildman–Crippen LogP) is 4.61. The summed E-state index contributed by atoms with van der Waals surface area (Å²) in [4.78, 5) is 26.7. The van der Waals surface area contributed by atoms with E-state index in [1.54, 1.807) is 6.07 Å². The molecule has 0 spiro atoms. The number of amides is 1. The number of carbonyl (C=O) groups excluding carboxylic acids is 2. The zero-order valence-electron chi connectivity index (χ0n) is 18.7. The van der Waals surface area contributed by atoms with Crippen LogP contribution in [0.25, 0.3) is 10.9 Å². The Kier molecular flexibility index (Phi) is 7.38. The van der Waals surface area contributed by atoms with Gasteiger partial charge >= 0.3 is 12.1 Å². The molecular weight excluding hydrogens is 463 g/mol. The molecule has 184 valence electrons. The summed E-state index contributed by atoms with van der Waals surface area (Å²) < 4.78 is 46.0. The second kappa shape index (κ2) is 10.6. The summed E-state index contributed by atoms with van der Waals surface area (Å²) in [6.07, 6.45) is -2.09. The van der Waals surface area contributed by atoms with Gasteiger partial charge in [-0.05, 0) is 73.2 Å². The van der Waals surface area contributed by atoms with Crippen molar-refractivity contribution >= 4 is 28.5 Å². The van der Waals surface area contributed by atoms with E-state index in [2.05, 4.69) is 20.4 Å². The van der Waals surface area contributed by atoms with Crippen LogP contribution in [-0.2, 0) is 20.7 Å². The number of nitrogens with one attached hydrogen (secondary N) is 2. The fraction of sp³-hybridized carbons (Fsp3) is 0.320. The number of nitrogens with zero attached hydrogens (tertiary/aromatic N) is 1. The molecule has 0 atom stereocenters. The highest BCUT2D eigenvalue weighted by Gasteiger charge is 2.41. The number of hydrogen-bond donors (Lipinski definition) is 2. The highest BCUT2D eigenvalue weighted by Crippen LogP contribution is 2.29. The molecule has 0 unspecified atom stereocenters. The van der Waals surface area contributed by atoms with Crippen LogP contribution in [0.4, 0.5) is 18.9 Å². The van der Waals surface area contributed by atoms with Crippen LogP contribution in [0.1, 0.15) is 18.4 Å². The fourth-order valence-electron chi connectivity index (χ4n) is 3.32. The monoisotopic (exact) mass is 487 g/mol. The zero-order valence-corrected chi connectivity index (χ0v) is 18.7. The normalized spacial score (nSPS) is 13.3. The number of anilines is 1. The Morgan fingerprint density at radius 2 is 1.80 bits per heavy atom. The van der Waals surface area contributed by atoms with E-state index in [0.29, 0.717) is 18.1 Å². The number of esters is 1. The number of halogens is 3. The number of ether oxygens (including phenoxy) is 2. The lowest BCUT2D eigenvalue weighted by molar-refractivity contribution is -0.199. The maximum absolute atomic E-state index is 12.1. The number of fused-ring (bicyclic) bond motifs is 1. The zero-order chi connectivity index (χ0) is 24.8. The van der Waals surface area contributed by atoms with Gasteiger partial charge in [0, 0.05) is 30.2 Å². The standard InChI is InChI=1S/C25H24F3N3O4/c26-25(27,28)24(33)34-15-22(32)29-12-11-16-3-9-21-18(13-16)4-10-23(31-21)35-20-7-5-19(6-8-20)30-14-17-1-2-17/h3-10,13,17,30H,1-2,11-12,14-15H2,(H,29,32). The molecule has 4 rings (SSSR count).